The molecule has 1 aromatic carbocycles. The summed E-state index contributed by atoms with van der Waals surface area (Å²) in [4.78, 5) is 22.9. The van der Waals surface area contributed by atoms with Gasteiger partial charge in [-0.05, 0) is 57.9 Å². The van der Waals surface area contributed by atoms with Crippen LogP contribution in [0.15, 0.2) is 24.3 Å². The van der Waals surface area contributed by atoms with Gasteiger partial charge in [-0.2, -0.15) is 0 Å². The standard InChI is InChI=1S/C22H34O5/c1-22(2,3)27-21(24)18-13-15-19(16-14-18)26-17-11-9-7-5-6-8-10-12-20(23)25-4/h13-16H,5-12,17H2,1-4H3. The summed E-state index contributed by atoms with van der Waals surface area (Å²) in [7, 11) is 1.43. The van der Waals surface area contributed by atoms with Crippen LogP contribution in [-0.4, -0.2) is 31.3 Å². The second kappa shape index (κ2) is 12.4. The lowest BCUT2D eigenvalue weighted by Crippen LogP contribution is -2.23. The number of methoxy groups -OCH3 is 1. The van der Waals surface area contributed by atoms with E-state index in [1.807, 2.05) is 20.8 Å². The number of esters is 2. The molecule has 0 saturated heterocycles. The van der Waals surface area contributed by atoms with E-state index < -0.39 is 5.60 Å². The van der Waals surface area contributed by atoms with E-state index in [1.165, 1.54) is 20.0 Å². The van der Waals surface area contributed by atoms with E-state index >= 15 is 0 Å². The Kier molecular flexibility index (Phi) is 10.5. The fourth-order valence-corrected chi connectivity index (χ4v) is 2.57. The van der Waals surface area contributed by atoms with Crippen molar-refractivity contribution in [3.63, 3.8) is 0 Å². The van der Waals surface area contributed by atoms with Crippen molar-refractivity contribution in [2.24, 2.45) is 0 Å². The Labute approximate surface area is 163 Å². The van der Waals surface area contributed by atoms with Crippen molar-refractivity contribution in [2.45, 2.75) is 77.7 Å². The SMILES string of the molecule is COC(=O)CCCCCCCCCOc1ccc(C(=O)OC(C)(C)C)cc1. The Morgan fingerprint density at radius 3 is 1.96 bits per heavy atom. The van der Waals surface area contributed by atoms with Crippen LogP contribution in [0.25, 0.3) is 0 Å². The third kappa shape index (κ3) is 11.3. The Balaban J connectivity index is 2.08. The van der Waals surface area contributed by atoms with Gasteiger partial charge in [-0.15, -0.1) is 0 Å². The number of benzene rings is 1. The molecule has 0 radical (unpaired) electrons. The molecule has 0 atom stereocenters. The molecule has 0 aliphatic heterocycles. The maximum Gasteiger partial charge on any atom is 0.338 e. The minimum atomic E-state index is -0.492. The van der Waals surface area contributed by atoms with Crippen LogP contribution in [0, 0.1) is 0 Å². The third-order valence-electron chi connectivity index (χ3n) is 4.01. The first-order valence-corrected chi connectivity index (χ1v) is 9.85. The van der Waals surface area contributed by atoms with Crippen LogP contribution >= 0.6 is 0 Å². The molecule has 0 aliphatic carbocycles. The van der Waals surface area contributed by atoms with Crippen molar-refractivity contribution in [3.8, 4) is 5.75 Å². The van der Waals surface area contributed by atoms with Crippen molar-refractivity contribution in [2.75, 3.05) is 13.7 Å². The molecule has 0 aliphatic rings. The van der Waals surface area contributed by atoms with Gasteiger partial charge >= 0.3 is 11.9 Å². The van der Waals surface area contributed by atoms with Gasteiger partial charge in [0.15, 0.2) is 0 Å². The van der Waals surface area contributed by atoms with Gasteiger partial charge in [0.05, 0.1) is 19.3 Å². The second-order valence-corrected chi connectivity index (χ2v) is 7.68. The Morgan fingerprint density at radius 2 is 1.41 bits per heavy atom. The van der Waals surface area contributed by atoms with Crippen molar-refractivity contribution >= 4 is 11.9 Å². The molecular formula is C22H34O5. The average Bonchev–Trinajstić information content (AvgIpc) is 2.62. The second-order valence-electron chi connectivity index (χ2n) is 7.68. The smallest absolute Gasteiger partial charge is 0.338 e. The Morgan fingerprint density at radius 1 is 0.852 bits per heavy atom. The minimum Gasteiger partial charge on any atom is -0.494 e. The van der Waals surface area contributed by atoms with Crippen molar-refractivity contribution < 1.29 is 23.8 Å². The number of hydrogen-bond donors (Lipinski definition) is 0. The van der Waals surface area contributed by atoms with E-state index in [9.17, 15) is 9.59 Å². The monoisotopic (exact) mass is 378 g/mol. The third-order valence-corrected chi connectivity index (χ3v) is 4.01. The highest BCUT2D eigenvalue weighted by Crippen LogP contribution is 2.17. The summed E-state index contributed by atoms with van der Waals surface area (Å²) in [6.07, 6.45) is 8.18. The van der Waals surface area contributed by atoms with Gasteiger partial charge in [0.25, 0.3) is 0 Å². The predicted octanol–water partition coefficient (Wildman–Crippen LogP) is 5.31. The van der Waals surface area contributed by atoms with Gasteiger partial charge in [0, 0.05) is 6.42 Å². The fraction of sp³-hybridized carbons (Fsp3) is 0.636. The van der Waals surface area contributed by atoms with Gasteiger partial charge in [0.2, 0.25) is 0 Å². The van der Waals surface area contributed by atoms with Crippen molar-refractivity contribution in [1.82, 2.24) is 0 Å². The highest BCUT2D eigenvalue weighted by atomic mass is 16.6. The highest BCUT2D eigenvalue weighted by molar-refractivity contribution is 5.89. The van der Waals surface area contributed by atoms with E-state index in [4.69, 9.17) is 9.47 Å². The lowest BCUT2D eigenvalue weighted by Gasteiger charge is -2.19. The molecule has 1 aromatic rings. The van der Waals surface area contributed by atoms with Crippen LogP contribution in [-0.2, 0) is 14.3 Å². The first kappa shape index (κ1) is 23.0. The molecule has 0 saturated carbocycles. The van der Waals surface area contributed by atoms with Crippen LogP contribution in [0.3, 0.4) is 0 Å². The van der Waals surface area contributed by atoms with Crippen molar-refractivity contribution in [1.29, 1.82) is 0 Å². The maximum absolute atomic E-state index is 12.0. The molecule has 5 heteroatoms. The molecular weight excluding hydrogens is 344 g/mol. The van der Waals surface area contributed by atoms with Crippen LogP contribution in [0.2, 0.25) is 0 Å². The van der Waals surface area contributed by atoms with Gasteiger partial charge < -0.3 is 14.2 Å². The van der Waals surface area contributed by atoms with Crippen LogP contribution in [0.4, 0.5) is 0 Å². The maximum atomic E-state index is 12.0. The summed E-state index contributed by atoms with van der Waals surface area (Å²) >= 11 is 0. The van der Waals surface area contributed by atoms with Gasteiger partial charge in [-0.3, -0.25) is 4.79 Å². The molecule has 0 spiro atoms. The zero-order chi connectivity index (χ0) is 20.1. The van der Waals surface area contributed by atoms with Crippen LogP contribution in [0.5, 0.6) is 5.75 Å². The van der Waals surface area contributed by atoms with E-state index in [-0.39, 0.29) is 11.9 Å². The summed E-state index contributed by atoms with van der Waals surface area (Å²) < 4.78 is 15.7. The number of rotatable bonds is 12. The molecule has 0 bridgehead atoms. The summed E-state index contributed by atoms with van der Waals surface area (Å²) in [5.41, 5.74) is 0.0395. The lowest BCUT2D eigenvalue weighted by atomic mass is 10.1. The molecule has 5 nitrogen and oxygen atoms in total. The molecule has 1 rings (SSSR count). The molecule has 0 N–H and O–H groups in total. The lowest BCUT2D eigenvalue weighted by molar-refractivity contribution is -0.140. The van der Waals surface area contributed by atoms with Crippen LogP contribution in [0.1, 0.15) is 82.5 Å². The first-order valence-electron chi connectivity index (χ1n) is 9.85. The Bertz CT molecular complexity index is 557. The molecule has 0 heterocycles. The molecule has 0 unspecified atom stereocenters. The summed E-state index contributed by atoms with van der Waals surface area (Å²) in [5, 5.41) is 0. The summed E-state index contributed by atoms with van der Waals surface area (Å²) in [6, 6.07) is 7.08. The van der Waals surface area contributed by atoms with Gasteiger partial charge in [0.1, 0.15) is 11.4 Å². The first-order chi connectivity index (χ1) is 12.8. The zero-order valence-electron chi connectivity index (χ0n) is 17.2. The quantitative estimate of drug-likeness (QED) is 0.364. The summed E-state index contributed by atoms with van der Waals surface area (Å²) in [5.74, 6) is 0.331. The Hall–Kier alpha value is -2.04. The normalized spacial score (nSPS) is 11.1. The van der Waals surface area contributed by atoms with Crippen LogP contribution < -0.4 is 4.74 Å². The summed E-state index contributed by atoms with van der Waals surface area (Å²) in [6.45, 7) is 6.23. The number of hydrogen-bond acceptors (Lipinski definition) is 5. The van der Waals surface area contributed by atoms with Gasteiger partial charge in [-0.1, -0.05) is 32.1 Å². The molecule has 0 aromatic heterocycles. The predicted molar refractivity (Wildman–Crippen MR) is 106 cm³/mol. The number of ether oxygens (including phenoxy) is 3. The van der Waals surface area contributed by atoms with Crippen molar-refractivity contribution in [3.05, 3.63) is 29.8 Å². The van der Waals surface area contributed by atoms with E-state index in [0.717, 1.165) is 37.9 Å². The van der Waals surface area contributed by atoms with E-state index in [1.54, 1.807) is 24.3 Å². The molecule has 0 fully saturated rings. The fourth-order valence-electron chi connectivity index (χ4n) is 2.57. The van der Waals surface area contributed by atoms with E-state index in [2.05, 4.69) is 4.74 Å². The zero-order valence-corrected chi connectivity index (χ0v) is 17.2. The molecule has 152 valence electrons. The average molecular weight is 379 g/mol. The molecule has 27 heavy (non-hydrogen) atoms. The number of carbonyl (C=O) groups is 2. The van der Waals surface area contributed by atoms with Gasteiger partial charge in [-0.25, -0.2) is 4.79 Å². The largest absolute Gasteiger partial charge is 0.494 e. The number of unbranched alkanes of at least 4 members (excludes halogenated alkanes) is 6. The highest BCUT2D eigenvalue weighted by Gasteiger charge is 2.17. The minimum absolute atomic E-state index is 0.119. The topological polar surface area (TPSA) is 61.8 Å². The number of carbonyl (C=O) groups excluding carboxylic acids is 2. The van der Waals surface area contributed by atoms with E-state index in [0.29, 0.717) is 18.6 Å². The molecule has 0 amide bonds.